The lowest BCUT2D eigenvalue weighted by atomic mass is 10.0. The Labute approximate surface area is 139 Å². The number of nitrogens with one attached hydrogen (secondary N) is 1. The fourth-order valence-corrected chi connectivity index (χ4v) is 3.26. The predicted molar refractivity (Wildman–Crippen MR) is 98.4 cm³/mol. The zero-order chi connectivity index (χ0) is 15.6. The lowest BCUT2D eigenvalue weighted by Crippen LogP contribution is -2.24. The Kier molecular flexibility index (Phi) is 18.5. The summed E-state index contributed by atoms with van der Waals surface area (Å²) in [5, 5.41) is 3.62. The normalized spacial score (nSPS) is 12.7. The quantitative estimate of drug-likeness (QED) is 0.237. The molecule has 1 unspecified atom stereocenters. The second-order valence-electron chi connectivity index (χ2n) is 6.52. The Morgan fingerprint density at radius 2 is 1.29 bits per heavy atom. The molecule has 0 aliphatic heterocycles. The van der Waals surface area contributed by atoms with Crippen molar-refractivity contribution in [2.24, 2.45) is 5.92 Å². The van der Waals surface area contributed by atoms with E-state index in [0.717, 1.165) is 18.3 Å². The van der Waals surface area contributed by atoms with Gasteiger partial charge in [-0.3, -0.25) is 0 Å². The first-order chi connectivity index (χ1) is 10.3. The smallest absolute Gasteiger partial charge is 0.0226 e. The third-order valence-electron chi connectivity index (χ3n) is 4.35. The van der Waals surface area contributed by atoms with Gasteiger partial charge in [0.1, 0.15) is 0 Å². The highest BCUT2D eigenvalue weighted by Crippen LogP contribution is 2.12. The van der Waals surface area contributed by atoms with Gasteiger partial charge in [-0.25, -0.2) is 0 Å². The molecular formula is C19H40ClN. The summed E-state index contributed by atoms with van der Waals surface area (Å²) in [7, 11) is 0. The van der Waals surface area contributed by atoms with Crippen LogP contribution in [-0.2, 0) is 0 Å². The standard InChI is InChI=1S/C19H40ClN/c1-3-5-6-7-8-9-10-11-12-13-17-21-18-19(14-4-2)15-16-20/h19,21H,3-18H2,1-2H3. The zero-order valence-corrected chi connectivity index (χ0v) is 15.5. The minimum atomic E-state index is 0.788. The second-order valence-corrected chi connectivity index (χ2v) is 6.90. The summed E-state index contributed by atoms with van der Waals surface area (Å²) in [5.74, 6) is 1.60. The number of halogens is 1. The molecule has 1 N–H and O–H groups in total. The summed E-state index contributed by atoms with van der Waals surface area (Å²) in [6.45, 7) is 6.91. The van der Waals surface area contributed by atoms with Crippen LogP contribution in [-0.4, -0.2) is 19.0 Å². The van der Waals surface area contributed by atoms with Gasteiger partial charge in [0.2, 0.25) is 0 Å². The summed E-state index contributed by atoms with van der Waals surface area (Å²) in [6, 6.07) is 0. The van der Waals surface area contributed by atoms with Crippen LogP contribution in [0.15, 0.2) is 0 Å². The number of hydrogen-bond donors (Lipinski definition) is 1. The first-order valence-electron chi connectivity index (χ1n) is 9.61. The Bertz CT molecular complexity index is 178. The topological polar surface area (TPSA) is 12.0 Å². The first kappa shape index (κ1) is 21.2. The summed E-state index contributed by atoms with van der Waals surface area (Å²) >= 11 is 5.86. The van der Waals surface area contributed by atoms with Gasteiger partial charge in [0.05, 0.1) is 0 Å². The number of unbranched alkanes of at least 4 members (excludes halogenated alkanes) is 9. The second kappa shape index (κ2) is 18.3. The van der Waals surface area contributed by atoms with Gasteiger partial charge in [-0.15, -0.1) is 11.6 Å². The van der Waals surface area contributed by atoms with E-state index in [1.165, 1.54) is 90.0 Å². The zero-order valence-electron chi connectivity index (χ0n) is 14.8. The van der Waals surface area contributed by atoms with Crippen molar-refractivity contribution in [3.05, 3.63) is 0 Å². The number of alkyl halides is 1. The summed E-state index contributed by atoms with van der Waals surface area (Å²) < 4.78 is 0. The van der Waals surface area contributed by atoms with Gasteiger partial charge in [0, 0.05) is 5.88 Å². The van der Waals surface area contributed by atoms with Crippen LogP contribution in [0.2, 0.25) is 0 Å². The number of hydrogen-bond acceptors (Lipinski definition) is 1. The van der Waals surface area contributed by atoms with Crippen molar-refractivity contribution in [2.45, 2.75) is 97.3 Å². The molecule has 0 amide bonds. The van der Waals surface area contributed by atoms with Gasteiger partial charge in [-0.1, -0.05) is 78.1 Å². The maximum Gasteiger partial charge on any atom is 0.0226 e. The molecule has 0 rings (SSSR count). The van der Waals surface area contributed by atoms with Crippen LogP contribution in [0.3, 0.4) is 0 Å². The maximum absolute atomic E-state index is 5.86. The molecule has 128 valence electrons. The van der Waals surface area contributed by atoms with E-state index in [-0.39, 0.29) is 0 Å². The van der Waals surface area contributed by atoms with E-state index in [4.69, 9.17) is 11.6 Å². The van der Waals surface area contributed by atoms with E-state index >= 15 is 0 Å². The van der Waals surface area contributed by atoms with Gasteiger partial charge in [0.25, 0.3) is 0 Å². The molecule has 0 spiro atoms. The molecule has 0 radical (unpaired) electrons. The maximum atomic E-state index is 5.86. The molecule has 0 bridgehead atoms. The van der Waals surface area contributed by atoms with Crippen molar-refractivity contribution in [3.8, 4) is 0 Å². The van der Waals surface area contributed by atoms with Crippen molar-refractivity contribution in [1.82, 2.24) is 5.32 Å². The average molecular weight is 318 g/mol. The average Bonchev–Trinajstić information content (AvgIpc) is 2.48. The fraction of sp³-hybridized carbons (Fsp3) is 1.00. The molecule has 0 aromatic carbocycles. The van der Waals surface area contributed by atoms with E-state index in [0.29, 0.717) is 0 Å². The summed E-state index contributed by atoms with van der Waals surface area (Å²) in [6.07, 6.45) is 18.0. The van der Waals surface area contributed by atoms with Crippen molar-refractivity contribution in [2.75, 3.05) is 19.0 Å². The van der Waals surface area contributed by atoms with E-state index in [2.05, 4.69) is 19.2 Å². The van der Waals surface area contributed by atoms with Gasteiger partial charge >= 0.3 is 0 Å². The molecule has 1 atom stereocenters. The highest BCUT2D eigenvalue weighted by molar-refractivity contribution is 6.17. The Balaban J connectivity index is 3.17. The molecule has 0 aliphatic carbocycles. The Morgan fingerprint density at radius 1 is 0.714 bits per heavy atom. The van der Waals surface area contributed by atoms with Crippen LogP contribution in [0, 0.1) is 5.92 Å². The van der Waals surface area contributed by atoms with Crippen LogP contribution in [0.5, 0.6) is 0 Å². The van der Waals surface area contributed by atoms with Crippen LogP contribution in [0.4, 0.5) is 0 Å². The summed E-state index contributed by atoms with van der Waals surface area (Å²) in [5.41, 5.74) is 0. The molecule has 0 heterocycles. The van der Waals surface area contributed by atoms with Gasteiger partial charge in [0.15, 0.2) is 0 Å². The lowest BCUT2D eigenvalue weighted by molar-refractivity contribution is 0.426. The third-order valence-corrected chi connectivity index (χ3v) is 4.57. The van der Waals surface area contributed by atoms with Gasteiger partial charge < -0.3 is 5.32 Å². The molecule has 0 saturated carbocycles. The van der Waals surface area contributed by atoms with Crippen molar-refractivity contribution < 1.29 is 0 Å². The van der Waals surface area contributed by atoms with Crippen LogP contribution in [0.25, 0.3) is 0 Å². The molecule has 2 heteroatoms. The van der Waals surface area contributed by atoms with Crippen molar-refractivity contribution >= 4 is 11.6 Å². The molecular weight excluding hydrogens is 278 g/mol. The SMILES string of the molecule is CCCCCCCCCCCCNCC(CCC)CCCl. The van der Waals surface area contributed by atoms with Crippen LogP contribution in [0.1, 0.15) is 97.3 Å². The minimum absolute atomic E-state index is 0.788. The largest absolute Gasteiger partial charge is 0.316 e. The molecule has 0 aromatic heterocycles. The molecule has 0 saturated heterocycles. The third kappa shape index (κ3) is 16.4. The van der Waals surface area contributed by atoms with E-state index in [1.807, 2.05) is 0 Å². The van der Waals surface area contributed by atoms with E-state index in [1.54, 1.807) is 0 Å². The minimum Gasteiger partial charge on any atom is -0.316 e. The highest BCUT2D eigenvalue weighted by Gasteiger charge is 2.05. The van der Waals surface area contributed by atoms with E-state index < -0.39 is 0 Å². The van der Waals surface area contributed by atoms with Gasteiger partial charge in [-0.05, 0) is 38.3 Å². The summed E-state index contributed by atoms with van der Waals surface area (Å²) in [4.78, 5) is 0. The van der Waals surface area contributed by atoms with Gasteiger partial charge in [-0.2, -0.15) is 0 Å². The Hall–Kier alpha value is 0.250. The first-order valence-corrected chi connectivity index (χ1v) is 10.1. The number of rotatable bonds is 17. The fourth-order valence-electron chi connectivity index (χ4n) is 2.95. The molecule has 0 fully saturated rings. The molecule has 0 aromatic rings. The van der Waals surface area contributed by atoms with Crippen molar-refractivity contribution in [3.63, 3.8) is 0 Å². The molecule has 0 aliphatic rings. The van der Waals surface area contributed by atoms with Crippen molar-refractivity contribution in [1.29, 1.82) is 0 Å². The Morgan fingerprint density at radius 3 is 1.81 bits per heavy atom. The monoisotopic (exact) mass is 317 g/mol. The van der Waals surface area contributed by atoms with Crippen LogP contribution >= 0.6 is 11.6 Å². The predicted octanol–water partition coefficient (Wildman–Crippen LogP) is 6.54. The highest BCUT2D eigenvalue weighted by atomic mass is 35.5. The molecule has 21 heavy (non-hydrogen) atoms. The molecule has 1 nitrogen and oxygen atoms in total. The van der Waals surface area contributed by atoms with E-state index in [9.17, 15) is 0 Å². The lowest BCUT2D eigenvalue weighted by Gasteiger charge is -2.15. The van der Waals surface area contributed by atoms with Crippen LogP contribution < -0.4 is 5.32 Å².